The van der Waals surface area contributed by atoms with Gasteiger partial charge in [-0.15, -0.1) is 11.3 Å². The molecule has 2 atom stereocenters. The van der Waals surface area contributed by atoms with Crippen molar-refractivity contribution in [3.63, 3.8) is 0 Å². The van der Waals surface area contributed by atoms with Gasteiger partial charge in [0.15, 0.2) is 0 Å². The van der Waals surface area contributed by atoms with Gasteiger partial charge in [-0.2, -0.15) is 0 Å². The highest BCUT2D eigenvalue weighted by atomic mass is 32.1. The lowest BCUT2D eigenvalue weighted by molar-refractivity contribution is 0.153. The number of hydrogen-bond acceptors (Lipinski definition) is 4. The first-order valence-corrected chi connectivity index (χ1v) is 6.80. The van der Waals surface area contributed by atoms with Crippen molar-refractivity contribution in [3.05, 3.63) is 16.1 Å². The van der Waals surface area contributed by atoms with E-state index in [4.69, 9.17) is 4.74 Å². The molecule has 2 heterocycles. The summed E-state index contributed by atoms with van der Waals surface area (Å²) in [6.45, 7) is 9.16. The number of nitrogens with zero attached hydrogens (tertiary/aromatic N) is 1. The second kappa shape index (κ2) is 4.82. The van der Waals surface area contributed by atoms with Crippen LogP contribution in [0.1, 0.15) is 31.0 Å². The zero-order valence-corrected chi connectivity index (χ0v) is 11.1. The maximum Gasteiger partial charge on any atom is 0.113 e. The summed E-state index contributed by atoms with van der Waals surface area (Å²) in [5.41, 5.74) is 1.09. The number of aryl methyl sites for hydroxylation is 1. The van der Waals surface area contributed by atoms with Crippen LogP contribution in [0.5, 0.6) is 0 Å². The Hall–Kier alpha value is -0.450. The second-order valence-corrected chi connectivity index (χ2v) is 5.45. The van der Waals surface area contributed by atoms with E-state index in [1.165, 1.54) is 5.01 Å². The molecule has 2 unspecified atom stereocenters. The van der Waals surface area contributed by atoms with E-state index in [9.17, 15) is 0 Å². The van der Waals surface area contributed by atoms with E-state index in [2.05, 4.69) is 36.5 Å². The summed E-state index contributed by atoms with van der Waals surface area (Å²) in [4.78, 5) is 4.65. The first-order chi connectivity index (χ1) is 7.66. The Bertz CT molecular complexity index is 347. The predicted octanol–water partition coefficient (Wildman–Crippen LogP) is 2.31. The third-order valence-corrected chi connectivity index (χ3v) is 4.55. The van der Waals surface area contributed by atoms with Crippen molar-refractivity contribution in [2.45, 2.75) is 32.7 Å². The molecule has 0 saturated carbocycles. The third kappa shape index (κ3) is 2.14. The Kier molecular flexibility index (Phi) is 3.62. The fourth-order valence-electron chi connectivity index (χ4n) is 2.34. The van der Waals surface area contributed by atoms with Crippen LogP contribution in [-0.2, 0) is 10.3 Å². The van der Waals surface area contributed by atoms with E-state index >= 15 is 0 Å². The molecule has 1 aromatic rings. The topological polar surface area (TPSA) is 34.2 Å². The number of nitrogens with one attached hydrogen (secondary N) is 1. The average Bonchev–Trinajstić information content (AvgIpc) is 2.87. The van der Waals surface area contributed by atoms with Gasteiger partial charge in [-0.1, -0.05) is 6.92 Å². The average molecular weight is 240 g/mol. The van der Waals surface area contributed by atoms with Gasteiger partial charge in [-0.25, -0.2) is 4.98 Å². The van der Waals surface area contributed by atoms with Crippen LogP contribution >= 0.6 is 11.3 Å². The van der Waals surface area contributed by atoms with Gasteiger partial charge in [0.25, 0.3) is 0 Å². The normalized spacial score (nSPS) is 24.6. The smallest absolute Gasteiger partial charge is 0.113 e. The Morgan fingerprint density at radius 2 is 2.50 bits per heavy atom. The molecule has 1 N–H and O–H groups in total. The number of ether oxygens (including phenoxy) is 1. The molecule has 2 rings (SSSR count). The van der Waals surface area contributed by atoms with Crippen LogP contribution in [0.4, 0.5) is 0 Å². The van der Waals surface area contributed by atoms with E-state index in [-0.39, 0.29) is 5.54 Å². The van der Waals surface area contributed by atoms with Gasteiger partial charge in [-0.3, -0.25) is 0 Å². The van der Waals surface area contributed by atoms with Crippen molar-refractivity contribution in [1.82, 2.24) is 10.3 Å². The molecular weight excluding hydrogens is 220 g/mol. The zero-order valence-electron chi connectivity index (χ0n) is 10.2. The molecule has 1 aliphatic heterocycles. The van der Waals surface area contributed by atoms with Crippen LogP contribution in [0, 0.1) is 12.8 Å². The number of hydrogen-bond donors (Lipinski definition) is 1. The molecule has 0 radical (unpaired) electrons. The number of rotatable bonds is 4. The zero-order chi connectivity index (χ0) is 11.6. The lowest BCUT2D eigenvalue weighted by atomic mass is 9.85. The first kappa shape index (κ1) is 12.0. The van der Waals surface area contributed by atoms with E-state index in [1.54, 1.807) is 11.3 Å². The van der Waals surface area contributed by atoms with Crippen molar-refractivity contribution in [2.75, 3.05) is 19.8 Å². The molecule has 0 bridgehead atoms. The fraction of sp³-hybridized carbons (Fsp3) is 0.750. The largest absolute Gasteiger partial charge is 0.381 e. The van der Waals surface area contributed by atoms with Crippen molar-refractivity contribution < 1.29 is 4.74 Å². The van der Waals surface area contributed by atoms with Gasteiger partial charge in [-0.05, 0) is 26.8 Å². The van der Waals surface area contributed by atoms with Gasteiger partial charge in [0.05, 0.1) is 12.1 Å². The highest BCUT2D eigenvalue weighted by Crippen LogP contribution is 2.36. The molecule has 1 aromatic heterocycles. The summed E-state index contributed by atoms with van der Waals surface area (Å²) in [6, 6.07) is 0. The summed E-state index contributed by atoms with van der Waals surface area (Å²) >= 11 is 1.75. The van der Waals surface area contributed by atoms with Gasteiger partial charge < -0.3 is 10.1 Å². The third-order valence-electron chi connectivity index (χ3n) is 3.35. The van der Waals surface area contributed by atoms with E-state index in [0.717, 1.165) is 31.9 Å². The molecule has 1 aliphatic rings. The lowest BCUT2D eigenvalue weighted by Crippen LogP contribution is -2.46. The van der Waals surface area contributed by atoms with Gasteiger partial charge in [0, 0.05) is 23.6 Å². The highest BCUT2D eigenvalue weighted by molar-refractivity contribution is 7.09. The molecule has 0 aromatic carbocycles. The van der Waals surface area contributed by atoms with Crippen molar-refractivity contribution in [2.24, 2.45) is 5.92 Å². The molecular formula is C12H20N2OS. The second-order valence-electron chi connectivity index (χ2n) is 4.59. The quantitative estimate of drug-likeness (QED) is 0.877. The summed E-state index contributed by atoms with van der Waals surface area (Å²) < 4.78 is 5.51. The number of aromatic nitrogens is 1. The summed E-state index contributed by atoms with van der Waals surface area (Å²) in [7, 11) is 0. The molecule has 90 valence electrons. The van der Waals surface area contributed by atoms with Crippen molar-refractivity contribution in [1.29, 1.82) is 0 Å². The Morgan fingerprint density at radius 1 is 1.69 bits per heavy atom. The van der Waals surface area contributed by atoms with Crippen molar-refractivity contribution >= 4 is 11.3 Å². The van der Waals surface area contributed by atoms with Crippen LogP contribution in [0.2, 0.25) is 0 Å². The van der Waals surface area contributed by atoms with Crippen LogP contribution in [0.25, 0.3) is 0 Å². The maximum absolute atomic E-state index is 5.51. The Morgan fingerprint density at radius 3 is 3.00 bits per heavy atom. The summed E-state index contributed by atoms with van der Waals surface area (Å²) in [5.74, 6) is 0.540. The van der Waals surface area contributed by atoms with Gasteiger partial charge >= 0.3 is 0 Å². The minimum Gasteiger partial charge on any atom is -0.381 e. The standard InChI is InChI=1S/C12H20N2OS/c1-4-13-12(3,10-5-6-15-7-10)11-14-9(2)8-16-11/h8,10,13H,4-7H2,1-3H3. The fourth-order valence-corrected chi connectivity index (χ4v) is 3.36. The lowest BCUT2D eigenvalue weighted by Gasteiger charge is -2.33. The molecule has 1 fully saturated rings. The van der Waals surface area contributed by atoms with Crippen LogP contribution in [-0.4, -0.2) is 24.7 Å². The molecule has 0 aliphatic carbocycles. The van der Waals surface area contributed by atoms with E-state index in [1.807, 2.05) is 0 Å². The SMILES string of the molecule is CCNC(C)(c1nc(C)cs1)C1CCOC1. The molecule has 3 nitrogen and oxygen atoms in total. The van der Waals surface area contributed by atoms with Crippen LogP contribution in [0.15, 0.2) is 5.38 Å². The van der Waals surface area contributed by atoms with Gasteiger partial charge in [0.1, 0.15) is 5.01 Å². The van der Waals surface area contributed by atoms with Crippen molar-refractivity contribution in [3.8, 4) is 0 Å². The monoisotopic (exact) mass is 240 g/mol. The number of thiazole rings is 1. The molecule has 4 heteroatoms. The summed E-state index contributed by atoms with van der Waals surface area (Å²) in [5, 5.41) is 6.92. The Labute approximate surface area is 101 Å². The summed E-state index contributed by atoms with van der Waals surface area (Å²) in [6.07, 6.45) is 1.13. The molecule has 16 heavy (non-hydrogen) atoms. The Balaban J connectivity index is 2.26. The van der Waals surface area contributed by atoms with E-state index in [0.29, 0.717) is 5.92 Å². The molecule has 0 amide bonds. The minimum atomic E-state index is -0.0236. The highest BCUT2D eigenvalue weighted by Gasteiger charge is 2.39. The van der Waals surface area contributed by atoms with E-state index < -0.39 is 0 Å². The van der Waals surface area contributed by atoms with Crippen LogP contribution < -0.4 is 5.32 Å². The van der Waals surface area contributed by atoms with Crippen LogP contribution in [0.3, 0.4) is 0 Å². The predicted molar refractivity (Wildman–Crippen MR) is 66.8 cm³/mol. The molecule has 1 saturated heterocycles. The maximum atomic E-state index is 5.51. The first-order valence-electron chi connectivity index (χ1n) is 5.92. The van der Waals surface area contributed by atoms with Gasteiger partial charge in [0.2, 0.25) is 0 Å². The minimum absolute atomic E-state index is 0.0236. The molecule has 0 spiro atoms.